The van der Waals surface area contributed by atoms with E-state index in [0.717, 1.165) is 4.47 Å². The van der Waals surface area contributed by atoms with Gasteiger partial charge in [-0.3, -0.25) is 9.59 Å². The van der Waals surface area contributed by atoms with Gasteiger partial charge in [0, 0.05) is 10.2 Å². The van der Waals surface area contributed by atoms with Gasteiger partial charge in [-0.1, -0.05) is 22.0 Å². The normalized spacial score (nSPS) is 9.50. The molecule has 0 atom stereocenters. The van der Waals surface area contributed by atoms with E-state index in [0.29, 0.717) is 12.1 Å². The van der Waals surface area contributed by atoms with Gasteiger partial charge in [-0.25, -0.2) is 0 Å². The van der Waals surface area contributed by atoms with Crippen LogP contribution in [0.3, 0.4) is 0 Å². The van der Waals surface area contributed by atoms with Crippen LogP contribution in [0.4, 0.5) is 5.69 Å². The summed E-state index contributed by atoms with van der Waals surface area (Å²) in [6, 6.07) is 7.06. The van der Waals surface area contributed by atoms with E-state index in [1.165, 1.54) is 4.90 Å². The van der Waals surface area contributed by atoms with Gasteiger partial charge in [-0.15, -0.1) is 0 Å². The van der Waals surface area contributed by atoms with Gasteiger partial charge in [0.1, 0.15) is 6.54 Å². The van der Waals surface area contributed by atoms with Crippen LogP contribution >= 0.6 is 15.9 Å². The lowest BCUT2D eigenvalue weighted by atomic mass is 10.3. The van der Waals surface area contributed by atoms with E-state index in [4.69, 9.17) is 5.73 Å². The molecule has 0 aliphatic carbocycles. The minimum absolute atomic E-state index is 0.111. The number of primary amides is 1. The average Bonchev–Trinajstić information content (AvgIpc) is 2.14. The van der Waals surface area contributed by atoms with Crippen LogP contribution in [-0.2, 0) is 9.59 Å². The predicted molar refractivity (Wildman–Crippen MR) is 56.7 cm³/mol. The number of hydrogen-bond donors (Lipinski definition) is 1. The molecule has 74 valence electrons. The fraction of sp³-hybridized carbons (Fsp3) is 0.111. The molecule has 2 amide bonds. The molecule has 0 spiro atoms. The topological polar surface area (TPSA) is 63.4 Å². The smallest absolute Gasteiger partial charge is 0.237 e. The second kappa shape index (κ2) is 4.76. The van der Waals surface area contributed by atoms with Crippen molar-refractivity contribution in [1.82, 2.24) is 0 Å². The van der Waals surface area contributed by atoms with Gasteiger partial charge in [-0.05, 0) is 18.2 Å². The molecular formula is C9H9BrN2O2. The highest BCUT2D eigenvalue weighted by Crippen LogP contribution is 2.18. The molecule has 0 bridgehead atoms. The third kappa shape index (κ3) is 2.85. The standard InChI is InChI=1S/C9H9BrN2O2/c10-7-2-1-3-8(4-7)12(6-13)5-9(11)14/h1-4,6H,5H2,(H2,11,14). The predicted octanol–water partition coefficient (Wildman–Crippen LogP) is 0.897. The Morgan fingerprint density at radius 3 is 2.79 bits per heavy atom. The van der Waals surface area contributed by atoms with Crippen molar-refractivity contribution in [2.75, 3.05) is 11.4 Å². The van der Waals surface area contributed by atoms with Crippen LogP contribution < -0.4 is 10.6 Å². The van der Waals surface area contributed by atoms with Gasteiger partial charge in [-0.2, -0.15) is 0 Å². The number of anilines is 1. The van der Waals surface area contributed by atoms with Crippen LogP contribution in [0.15, 0.2) is 28.7 Å². The largest absolute Gasteiger partial charge is 0.368 e. The van der Waals surface area contributed by atoms with Crippen molar-refractivity contribution in [3.63, 3.8) is 0 Å². The number of nitrogens with zero attached hydrogens (tertiary/aromatic N) is 1. The van der Waals surface area contributed by atoms with Gasteiger partial charge >= 0.3 is 0 Å². The Morgan fingerprint density at radius 1 is 1.57 bits per heavy atom. The van der Waals surface area contributed by atoms with Crippen LogP contribution in [0.1, 0.15) is 0 Å². The molecule has 1 aromatic rings. The van der Waals surface area contributed by atoms with Gasteiger partial charge < -0.3 is 10.6 Å². The zero-order valence-electron chi connectivity index (χ0n) is 7.31. The van der Waals surface area contributed by atoms with Gasteiger partial charge in [0.15, 0.2) is 0 Å². The number of hydrogen-bond acceptors (Lipinski definition) is 2. The molecule has 0 unspecified atom stereocenters. The Kier molecular flexibility index (Phi) is 3.64. The van der Waals surface area contributed by atoms with Crippen LogP contribution in [0.25, 0.3) is 0 Å². The number of amides is 2. The minimum Gasteiger partial charge on any atom is -0.368 e. The minimum atomic E-state index is -0.544. The van der Waals surface area contributed by atoms with E-state index in [9.17, 15) is 9.59 Å². The first-order valence-corrected chi connectivity index (χ1v) is 4.68. The summed E-state index contributed by atoms with van der Waals surface area (Å²) >= 11 is 3.27. The van der Waals surface area contributed by atoms with Crippen LogP contribution in [0.5, 0.6) is 0 Å². The molecule has 0 aromatic heterocycles. The molecule has 0 saturated heterocycles. The molecule has 0 heterocycles. The lowest BCUT2D eigenvalue weighted by Gasteiger charge is -2.15. The van der Waals surface area contributed by atoms with Crippen molar-refractivity contribution in [2.45, 2.75) is 0 Å². The maximum Gasteiger partial charge on any atom is 0.237 e. The summed E-state index contributed by atoms with van der Waals surface area (Å²) in [5, 5.41) is 0. The van der Waals surface area contributed by atoms with Crippen LogP contribution in [0.2, 0.25) is 0 Å². The van der Waals surface area contributed by atoms with Crippen molar-refractivity contribution in [1.29, 1.82) is 0 Å². The number of halogens is 1. The molecule has 0 saturated carbocycles. The van der Waals surface area contributed by atoms with E-state index in [2.05, 4.69) is 15.9 Å². The number of rotatable bonds is 4. The molecule has 0 aliphatic heterocycles. The molecule has 14 heavy (non-hydrogen) atoms. The first-order valence-electron chi connectivity index (χ1n) is 3.89. The van der Waals surface area contributed by atoms with E-state index in [1.54, 1.807) is 18.2 Å². The number of carbonyl (C=O) groups excluding carboxylic acids is 2. The second-order valence-electron chi connectivity index (χ2n) is 2.68. The van der Waals surface area contributed by atoms with E-state index in [-0.39, 0.29) is 6.54 Å². The third-order valence-corrected chi connectivity index (χ3v) is 2.09. The first-order chi connectivity index (χ1) is 6.63. The Balaban J connectivity index is 2.89. The van der Waals surface area contributed by atoms with Gasteiger partial charge in [0.2, 0.25) is 12.3 Å². The Bertz CT molecular complexity index is 354. The SMILES string of the molecule is NC(=O)CN(C=O)c1cccc(Br)c1. The maximum atomic E-state index is 10.7. The van der Waals surface area contributed by atoms with E-state index in [1.807, 2.05) is 6.07 Å². The molecule has 0 aliphatic rings. The summed E-state index contributed by atoms with van der Waals surface area (Å²) in [6.07, 6.45) is 0.576. The molecule has 5 heteroatoms. The molecule has 0 fully saturated rings. The number of nitrogens with two attached hydrogens (primary N) is 1. The number of carbonyl (C=O) groups is 2. The molecular weight excluding hydrogens is 248 g/mol. The van der Waals surface area contributed by atoms with Gasteiger partial charge in [0.05, 0.1) is 0 Å². The van der Waals surface area contributed by atoms with E-state index < -0.39 is 5.91 Å². The fourth-order valence-electron chi connectivity index (χ4n) is 1.01. The monoisotopic (exact) mass is 256 g/mol. The van der Waals surface area contributed by atoms with Gasteiger partial charge in [0.25, 0.3) is 0 Å². The van der Waals surface area contributed by atoms with E-state index >= 15 is 0 Å². The Morgan fingerprint density at radius 2 is 2.29 bits per heavy atom. The lowest BCUT2D eigenvalue weighted by molar-refractivity contribution is -0.118. The summed E-state index contributed by atoms with van der Waals surface area (Å²) in [5.74, 6) is -0.544. The summed E-state index contributed by atoms with van der Waals surface area (Å²) in [7, 11) is 0. The highest BCUT2D eigenvalue weighted by Gasteiger charge is 2.07. The van der Waals surface area contributed by atoms with Crippen molar-refractivity contribution < 1.29 is 9.59 Å². The summed E-state index contributed by atoms with van der Waals surface area (Å²) in [6.45, 7) is -0.111. The second-order valence-corrected chi connectivity index (χ2v) is 3.60. The molecule has 1 aromatic carbocycles. The average molecular weight is 257 g/mol. The van der Waals surface area contributed by atoms with Crippen molar-refractivity contribution in [3.05, 3.63) is 28.7 Å². The van der Waals surface area contributed by atoms with Crippen molar-refractivity contribution >= 4 is 33.9 Å². The molecule has 4 nitrogen and oxygen atoms in total. The Hall–Kier alpha value is -1.36. The molecule has 2 N–H and O–H groups in total. The maximum absolute atomic E-state index is 10.7. The highest BCUT2D eigenvalue weighted by molar-refractivity contribution is 9.10. The zero-order chi connectivity index (χ0) is 10.6. The first kappa shape index (κ1) is 10.7. The van der Waals surface area contributed by atoms with Crippen molar-refractivity contribution in [3.8, 4) is 0 Å². The number of benzene rings is 1. The Labute approximate surface area is 89.8 Å². The fourth-order valence-corrected chi connectivity index (χ4v) is 1.40. The van der Waals surface area contributed by atoms with Crippen LogP contribution in [-0.4, -0.2) is 18.9 Å². The lowest BCUT2D eigenvalue weighted by Crippen LogP contribution is -2.32. The summed E-state index contributed by atoms with van der Waals surface area (Å²) in [4.78, 5) is 22.5. The third-order valence-electron chi connectivity index (χ3n) is 1.59. The molecule has 0 radical (unpaired) electrons. The van der Waals surface area contributed by atoms with Crippen molar-refractivity contribution in [2.24, 2.45) is 5.73 Å². The molecule has 1 rings (SSSR count). The highest BCUT2D eigenvalue weighted by atomic mass is 79.9. The zero-order valence-corrected chi connectivity index (χ0v) is 8.90. The quantitative estimate of drug-likeness (QED) is 0.814. The van der Waals surface area contributed by atoms with Crippen LogP contribution in [0, 0.1) is 0 Å². The summed E-state index contributed by atoms with van der Waals surface area (Å²) in [5.41, 5.74) is 5.63. The summed E-state index contributed by atoms with van der Waals surface area (Å²) < 4.78 is 0.839.